The van der Waals surface area contributed by atoms with Crippen LogP contribution in [0.1, 0.15) is 16.2 Å². The number of aromatic carboxylic acids is 1. The van der Waals surface area contributed by atoms with Crippen LogP contribution >= 0.6 is 11.8 Å². The second kappa shape index (κ2) is 5.31. The molecule has 2 rings (SSSR count). The van der Waals surface area contributed by atoms with Gasteiger partial charge in [0, 0.05) is 10.6 Å². The summed E-state index contributed by atoms with van der Waals surface area (Å²) in [5.74, 6) is -3.09. The van der Waals surface area contributed by atoms with Crippen LogP contribution in [0.4, 0.5) is 8.78 Å². The third kappa shape index (κ3) is 3.25. The Morgan fingerprint density at radius 1 is 1.21 bits per heavy atom. The van der Waals surface area contributed by atoms with E-state index in [1.807, 2.05) is 0 Å². The van der Waals surface area contributed by atoms with E-state index in [0.717, 1.165) is 23.9 Å². The number of hydrogen-bond acceptors (Lipinski definition) is 4. The second-order valence-electron chi connectivity index (χ2n) is 3.66. The standard InChI is InChI=1S/C12H8F2N2O2S/c1-6-4-10(11(17)18)16-12(15-6)19-7-2-3-8(13)9(14)5-7/h2-5H,1H3,(H,17,18). The lowest BCUT2D eigenvalue weighted by Gasteiger charge is -2.03. The van der Waals surface area contributed by atoms with Crippen LogP contribution in [0.5, 0.6) is 0 Å². The van der Waals surface area contributed by atoms with Crippen LogP contribution in [0.3, 0.4) is 0 Å². The topological polar surface area (TPSA) is 63.1 Å². The summed E-state index contributed by atoms with van der Waals surface area (Å²) in [6.07, 6.45) is 0. The molecule has 0 aliphatic rings. The highest BCUT2D eigenvalue weighted by molar-refractivity contribution is 7.99. The van der Waals surface area contributed by atoms with Gasteiger partial charge < -0.3 is 5.11 Å². The molecule has 0 amide bonds. The van der Waals surface area contributed by atoms with Gasteiger partial charge >= 0.3 is 5.97 Å². The van der Waals surface area contributed by atoms with Crippen molar-refractivity contribution in [2.75, 3.05) is 0 Å². The number of carboxylic acid groups (broad SMARTS) is 1. The summed E-state index contributed by atoms with van der Waals surface area (Å²) in [5.41, 5.74) is 0.343. The number of aromatic nitrogens is 2. The van der Waals surface area contributed by atoms with Crippen molar-refractivity contribution in [2.45, 2.75) is 17.0 Å². The Morgan fingerprint density at radius 3 is 2.58 bits per heavy atom. The van der Waals surface area contributed by atoms with Crippen molar-refractivity contribution in [3.05, 3.63) is 47.3 Å². The zero-order valence-corrected chi connectivity index (χ0v) is 10.5. The molecule has 1 heterocycles. The van der Waals surface area contributed by atoms with Crippen LogP contribution in [0, 0.1) is 18.6 Å². The highest BCUT2D eigenvalue weighted by Gasteiger charge is 2.11. The van der Waals surface area contributed by atoms with Gasteiger partial charge in [0.2, 0.25) is 0 Å². The maximum atomic E-state index is 13.0. The van der Waals surface area contributed by atoms with E-state index in [1.54, 1.807) is 6.92 Å². The predicted molar refractivity (Wildman–Crippen MR) is 64.2 cm³/mol. The highest BCUT2D eigenvalue weighted by atomic mass is 32.2. The lowest BCUT2D eigenvalue weighted by atomic mass is 10.3. The van der Waals surface area contributed by atoms with Gasteiger partial charge in [-0.25, -0.2) is 23.5 Å². The summed E-state index contributed by atoms with van der Waals surface area (Å²) in [4.78, 5) is 19.1. The minimum Gasteiger partial charge on any atom is -0.477 e. The number of carboxylic acids is 1. The Bertz CT molecular complexity index is 650. The van der Waals surface area contributed by atoms with Crippen LogP contribution in [0.2, 0.25) is 0 Å². The Hall–Kier alpha value is -2.02. The van der Waals surface area contributed by atoms with Gasteiger partial charge in [-0.05, 0) is 43.0 Å². The molecular formula is C12H8F2N2O2S. The molecule has 0 saturated carbocycles. The van der Waals surface area contributed by atoms with Crippen molar-refractivity contribution in [3.8, 4) is 0 Å². The van der Waals surface area contributed by atoms with Gasteiger partial charge in [-0.15, -0.1) is 0 Å². The Balaban J connectivity index is 2.32. The molecule has 2 aromatic rings. The predicted octanol–water partition coefficient (Wildman–Crippen LogP) is 2.91. The quantitative estimate of drug-likeness (QED) is 0.877. The van der Waals surface area contributed by atoms with Crippen LogP contribution in [-0.4, -0.2) is 21.0 Å². The van der Waals surface area contributed by atoms with E-state index in [1.165, 1.54) is 12.1 Å². The van der Waals surface area contributed by atoms with E-state index in [4.69, 9.17) is 5.11 Å². The molecule has 0 aliphatic carbocycles. The van der Waals surface area contributed by atoms with Gasteiger partial charge in [0.1, 0.15) is 0 Å². The third-order valence-electron chi connectivity index (χ3n) is 2.15. The molecule has 1 N–H and O–H groups in total. The number of aryl methyl sites for hydroxylation is 1. The van der Waals surface area contributed by atoms with Gasteiger partial charge in [0.05, 0.1) is 0 Å². The van der Waals surface area contributed by atoms with Crippen molar-refractivity contribution < 1.29 is 18.7 Å². The summed E-state index contributed by atoms with van der Waals surface area (Å²) in [5, 5.41) is 9.04. The Morgan fingerprint density at radius 2 is 1.95 bits per heavy atom. The fraction of sp³-hybridized carbons (Fsp3) is 0.0833. The largest absolute Gasteiger partial charge is 0.477 e. The van der Waals surface area contributed by atoms with Gasteiger partial charge in [-0.2, -0.15) is 0 Å². The maximum Gasteiger partial charge on any atom is 0.354 e. The molecule has 0 spiro atoms. The number of nitrogens with zero attached hydrogens (tertiary/aromatic N) is 2. The molecule has 0 aliphatic heterocycles. The molecule has 0 radical (unpaired) electrons. The van der Waals surface area contributed by atoms with Gasteiger partial charge in [-0.1, -0.05) is 0 Å². The monoisotopic (exact) mass is 282 g/mol. The van der Waals surface area contributed by atoms with Crippen molar-refractivity contribution >= 4 is 17.7 Å². The van der Waals surface area contributed by atoms with Gasteiger partial charge in [-0.3, -0.25) is 0 Å². The van der Waals surface area contributed by atoms with Crippen LogP contribution in [-0.2, 0) is 0 Å². The lowest BCUT2D eigenvalue weighted by Crippen LogP contribution is -2.03. The molecule has 1 aromatic carbocycles. The summed E-state index contributed by atoms with van der Waals surface area (Å²) in [6, 6.07) is 4.70. The number of carbonyl (C=O) groups is 1. The summed E-state index contributed by atoms with van der Waals surface area (Å²) >= 11 is 0.964. The zero-order valence-electron chi connectivity index (χ0n) is 9.72. The average Bonchev–Trinajstić information content (AvgIpc) is 2.33. The van der Waals surface area contributed by atoms with E-state index in [0.29, 0.717) is 10.6 Å². The molecule has 98 valence electrons. The second-order valence-corrected chi connectivity index (χ2v) is 4.70. The van der Waals surface area contributed by atoms with Gasteiger partial charge in [0.25, 0.3) is 0 Å². The molecular weight excluding hydrogens is 274 g/mol. The van der Waals surface area contributed by atoms with E-state index in [2.05, 4.69) is 9.97 Å². The van der Waals surface area contributed by atoms with Crippen LogP contribution in [0.25, 0.3) is 0 Å². The first-order valence-corrected chi connectivity index (χ1v) is 5.99. The zero-order chi connectivity index (χ0) is 14.0. The molecule has 7 heteroatoms. The van der Waals surface area contributed by atoms with E-state index in [-0.39, 0.29) is 10.9 Å². The normalized spacial score (nSPS) is 10.5. The number of benzene rings is 1. The number of hydrogen-bond donors (Lipinski definition) is 1. The molecule has 0 unspecified atom stereocenters. The van der Waals surface area contributed by atoms with E-state index in [9.17, 15) is 13.6 Å². The SMILES string of the molecule is Cc1cc(C(=O)O)nc(Sc2ccc(F)c(F)c2)n1. The molecule has 0 saturated heterocycles. The van der Waals surface area contributed by atoms with E-state index < -0.39 is 17.6 Å². The fourth-order valence-electron chi connectivity index (χ4n) is 1.34. The average molecular weight is 282 g/mol. The summed E-state index contributed by atoms with van der Waals surface area (Å²) in [7, 11) is 0. The van der Waals surface area contributed by atoms with Crippen molar-refractivity contribution in [3.63, 3.8) is 0 Å². The summed E-state index contributed by atoms with van der Waals surface area (Å²) in [6.45, 7) is 1.63. The van der Waals surface area contributed by atoms with E-state index >= 15 is 0 Å². The minimum atomic E-state index is -1.17. The van der Waals surface area contributed by atoms with Crippen molar-refractivity contribution in [1.29, 1.82) is 0 Å². The Labute approximate surface area is 111 Å². The highest BCUT2D eigenvalue weighted by Crippen LogP contribution is 2.26. The molecule has 19 heavy (non-hydrogen) atoms. The molecule has 0 atom stereocenters. The first-order valence-electron chi connectivity index (χ1n) is 5.17. The van der Waals surface area contributed by atoms with Crippen molar-refractivity contribution in [2.24, 2.45) is 0 Å². The van der Waals surface area contributed by atoms with Crippen LogP contribution in [0.15, 0.2) is 34.3 Å². The van der Waals surface area contributed by atoms with Crippen LogP contribution < -0.4 is 0 Å². The molecule has 1 aromatic heterocycles. The number of rotatable bonds is 3. The number of halogens is 2. The summed E-state index contributed by atoms with van der Waals surface area (Å²) < 4.78 is 25.8. The molecule has 0 fully saturated rings. The minimum absolute atomic E-state index is 0.141. The Kier molecular flexibility index (Phi) is 3.75. The van der Waals surface area contributed by atoms with Crippen molar-refractivity contribution in [1.82, 2.24) is 9.97 Å². The molecule has 4 nitrogen and oxygen atoms in total. The smallest absolute Gasteiger partial charge is 0.354 e. The maximum absolute atomic E-state index is 13.0. The molecule has 0 bridgehead atoms. The fourth-order valence-corrected chi connectivity index (χ4v) is 2.19. The lowest BCUT2D eigenvalue weighted by molar-refractivity contribution is 0.0689. The first kappa shape index (κ1) is 13.4. The third-order valence-corrected chi connectivity index (χ3v) is 3.01. The first-order chi connectivity index (χ1) is 8.95. The van der Waals surface area contributed by atoms with Gasteiger partial charge in [0.15, 0.2) is 22.5 Å².